The summed E-state index contributed by atoms with van der Waals surface area (Å²) in [5.41, 5.74) is 0. The minimum atomic E-state index is -3.15. The zero-order valence-electron chi connectivity index (χ0n) is 8.58. The molecule has 7 heteroatoms. The van der Waals surface area contributed by atoms with Crippen LogP contribution in [0.25, 0.3) is 0 Å². The molecule has 2 N–H and O–H groups in total. The highest BCUT2D eigenvalue weighted by Crippen LogP contribution is 1.86. The molecule has 1 atom stereocenters. The number of rotatable bonds is 8. The van der Waals surface area contributed by atoms with E-state index in [-0.39, 0.29) is 5.75 Å². The minimum absolute atomic E-state index is 0.0821. The Hall–Kier alpha value is 0.0200. The van der Waals surface area contributed by atoms with Crippen molar-refractivity contribution in [3.63, 3.8) is 0 Å². The molecule has 0 aromatic heterocycles. The smallest absolute Gasteiger partial charge is 0.212 e. The second-order valence-corrected chi connectivity index (χ2v) is 6.43. The predicted octanol–water partition coefficient (Wildman–Crippen LogP) is -1.11. The van der Waals surface area contributed by atoms with E-state index >= 15 is 0 Å². The standard InChI is InChI=1S/C7H18N2O3S2/c1-8-5-7-14(11,12)9-4-3-6-13(2)10/h8-9H,3-7H2,1-2H3. The van der Waals surface area contributed by atoms with Crippen LogP contribution in [-0.2, 0) is 20.8 Å². The van der Waals surface area contributed by atoms with E-state index in [1.807, 2.05) is 0 Å². The molecule has 0 fully saturated rings. The lowest BCUT2D eigenvalue weighted by molar-refractivity contribution is 0.578. The van der Waals surface area contributed by atoms with Crippen LogP contribution in [0.4, 0.5) is 0 Å². The van der Waals surface area contributed by atoms with Crippen LogP contribution in [0.1, 0.15) is 6.42 Å². The topological polar surface area (TPSA) is 75.3 Å². The van der Waals surface area contributed by atoms with Crippen LogP contribution in [0.15, 0.2) is 0 Å². The molecule has 14 heavy (non-hydrogen) atoms. The monoisotopic (exact) mass is 242 g/mol. The summed E-state index contributed by atoms with van der Waals surface area (Å²) in [7, 11) is -2.30. The van der Waals surface area contributed by atoms with Crippen LogP contribution < -0.4 is 10.0 Å². The summed E-state index contributed by atoms with van der Waals surface area (Å²) in [5, 5.41) is 2.76. The van der Waals surface area contributed by atoms with Gasteiger partial charge in [-0.15, -0.1) is 0 Å². The molecule has 0 aliphatic heterocycles. The van der Waals surface area contributed by atoms with E-state index in [2.05, 4.69) is 10.0 Å². The molecule has 0 rings (SSSR count). The Morgan fingerprint density at radius 2 is 1.93 bits per heavy atom. The van der Waals surface area contributed by atoms with Crippen LogP contribution >= 0.6 is 0 Å². The summed E-state index contributed by atoms with van der Waals surface area (Å²) in [6.07, 6.45) is 2.22. The van der Waals surface area contributed by atoms with Crippen LogP contribution in [0.3, 0.4) is 0 Å². The Labute approximate surface area is 88.2 Å². The Morgan fingerprint density at radius 3 is 2.43 bits per heavy atom. The molecular weight excluding hydrogens is 224 g/mol. The van der Waals surface area contributed by atoms with E-state index in [9.17, 15) is 12.6 Å². The highest BCUT2D eigenvalue weighted by atomic mass is 32.2. The van der Waals surface area contributed by atoms with Crippen molar-refractivity contribution in [3.8, 4) is 0 Å². The van der Waals surface area contributed by atoms with Crippen molar-refractivity contribution in [2.45, 2.75) is 6.42 Å². The van der Waals surface area contributed by atoms with Crippen molar-refractivity contribution in [1.82, 2.24) is 10.0 Å². The maximum Gasteiger partial charge on any atom is 0.212 e. The van der Waals surface area contributed by atoms with Crippen LogP contribution in [0.2, 0.25) is 0 Å². The van der Waals surface area contributed by atoms with E-state index in [4.69, 9.17) is 0 Å². The molecule has 0 amide bonds. The number of hydrogen-bond acceptors (Lipinski definition) is 4. The van der Waals surface area contributed by atoms with Crippen molar-refractivity contribution >= 4 is 20.8 Å². The first-order valence-electron chi connectivity index (χ1n) is 4.40. The maximum atomic E-state index is 11.2. The number of nitrogens with one attached hydrogen (secondary N) is 2. The first-order valence-corrected chi connectivity index (χ1v) is 7.78. The van der Waals surface area contributed by atoms with Gasteiger partial charge in [-0.2, -0.15) is 0 Å². The Balaban J connectivity index is 3.61. The van der Waals surface area contributed by atoms with Gasteiger partial charge >= 0.3 is 0 Å². The van der Waals surface area contributed by atoms with E-state index in [1.54, 1.807) is 13.3 Å². The van der Waals surface area contributed by atoms with Gasteiger partial charge in [-0.3, -0.25) is 4.21 Å². The van der Waals surface area contributed by atoms with Gasteiger partial charge < -0.3 is 5.32 Å². The lowest BCUT2D eigenvalue weighted by Gasteiger charge is -2.05. The summed E-state index contributed by atoms with van der Waals surface area (Å²) < 4.78 is 35.5. The van der Waals surface area contributed by atoms with E-state index in [0.717, 1.165) is 0 Å². The molecule has 0 aliphatic carbocycles. The largest absolute Gasteiger partial charge is 0.319 e. The van der Waals surface area contributed by atoms with Gasteiger partial charge in [0.2, 0.25) is 10.0 Å². The zero-order valence-corrected chi connectivity index (χ0v) is 10.2. The molecule has 0 heterocycles. The van der Waals surface area contributed by atoms with E-state index in [0.29, 0.717) is 25.3 Å². The fourth-order valence-corrected chi connectivity index (χ4v) is 2.44. The third-order valence-corrected chi connectivity index (χ3v) is 3.80. The van der Waals surface area contributed by atoms with Crippen molar-refractivity contribution in [1.29, 1.82) is 0 Å². The molecule has 0 aromatic carbocycles. The summed E-state index contributed by atoms with van der Waals surface area (Å²) >= 11 is 0. The Morgan fingerprint density at radius 1 is 1.29 bits per heavy atom. The first-order chi connectivity index (χ1) is 6.48. The molecule has 1 unspecified atom stereocenters. The average Bonchev–Trinajstić information content (AvgIpc) is 2.09. The third kappa shape index (κ3) is 8.61. The summed E-state index contributed by atoms with van der Waals surface area (Å²) in [6, 6.07) is 0. The summed E-state index contributed by atoms with van der Waals surface area (Å²) in [4.78, 5) is 0. The summed E-state index contributed by atoms with van der Waals surface area (Å²) in [5.74, 6) is 0.618. The first kappa shape index (κ1) is 14.0. The molecule has 0 spiro atoms. The summed E-state index contributed by atoms with van der Waals surface area (Å²) in [6.45, 7) is 0.806. The van der Waals surface area contributed by atoms with Crippen molar-refractivity contribution in [2.75, 3.05) is 37.9 Å². The Kier molecular flexibility index (Phi) is 7.34. The molecule has 0 radical (unpaired) electrons. The Bertz CT molecular complexity index is 264. The SMILES string of the molecule is CNCCS(=O)(=O)NCCCS(C)=O. The van der Waals surface area contributed by atoms with Crippen LogP contribution in [-0.4, -0.2) is 50.5 Å². The third-order valence-electron chi connectivity index (χ3n) is 1.55. The average molecular weight is 242 g/mol. The lowest BCUT2D eigenvalue weighted by Crippen LogP contribution is -2.31. The van der Waals surface area contributed by atoms with Gasteiger partial charge in [0.05, 0.1) is 5.75 Å². The van der Waals surface area contributed by atoms with Crippen molar-refractivity contribution < 1.29 is 12.6 Å². The second-order valence-electron chi connectivity index (χ2n) is 2.95. The molecule has 0 bridgehead atoms. The van der Waals surface area contributed by atoms with Gasteiger partial charge in [-0.25, -0.2) is 13.1 Å². The number of hydrogen-bond donors (Lipinski definition) is 2. The van der Waals surface area contributed by atoms with Gasteiger partial charge in [0, 0.05) is 35.9 Å². The van der Waals surface area contributed by atoms with E-state index in [1.165, 1.54) is 0 Å². The van der Waals surface area contributed by atoms with Gasteiger partial charge in [0.25, 0.3) is 0 Å². The van der Waals surface area contributed by atoms with Gasteiger partial charge in [-0.05, 0) is 13.5 Å². The number of sulfonamides is 1. The zero-order chi connectivity index (χ0) is 11.0. The molecular formula is C7H18N2O3S2. The molecule has 0 aliphatic rings. The molecule has 0 saturated heterocycles. The molecule has 0 aromatic rings. The highest BCUT2D eigenvalue weighted by molar-refractivity contribution is 7.89. The van der Waals surface area contributed by atoms with Gasteiger partial charge in [-0.1, -0.05) is 0 Å². The second kappa shape index (κ2) is 7.33. The van der Waals surface area contributed by atoms with E-state index < -0.39 is 20.8 Å². The normalized spacial score (nSPS) is 14.1. The van der Waals surface area contributed by atoms with Crippen LogP contribution in [0, 0.1) is 0 Å². The van der Waals surface area contributed by atoms with Crippen molar-refractivity contribution in [3.05, 3.63) is 0 Å². The maximum absolute atomic E-state index is 11.2. The van der Waals surface area contributed by atoms with Gasteiger partial charge in [0.1, 0.15) is 0 Å². The van der Waals surface area contributed by atoms with Crippen molar-refractivity contribution in [2.24, 2.45) is 0 Å². The lowest BCUT2D eigenvalue weighted by atomic mass is 10.5. The molecule has 86 valence electrons. The predicted molar refractivity (Wildman–Crippen MR) is 59.3 cm³/mol. The molecule has 0 saturated carbocycles. The quantitative estimate of drug-likeness (QED) is 0.530. The molecule has 5 nitrogen and oxygen atoms in total. The fourth-order valence-electron chi connectivity index (χ4n) is 0.812. The van der Waals surface area contributed by atoms with Gasteiger partial charge in [0.15, 0.2) is 0 Å². The fraction of sp³-hybridized carbons (Fsp3) is 1.00. The minimum Gasteiger partial charge on any atom is -0.319 e. The van der Waals surface area contributed by atoms with Crippen LogP contribution in [0.5, 0.6) is 0 Å². The highest BCUT2D eigenvalue weighted by Gasteiger charge is 2.07.